The summed E-state index contributed by atoms with van der Waals surface area (Å²) < 4.78 is 12.3. The van der Waals surface area contributed by atoms with Crippen molar-refractivity contribution in [2.45, 2.75) is 70.2 Å². The standard InChI is InChI=1S/C19H27BN2O2/c1-18(2)19(3,4)24-20(23-18)15-8-14(11-21-12-15)13-9-16-6-7-17(10-13)22(16)5/h8-9,11-12,16-17H,6-7,10H2,1-5H3. The summed E-state index contributed by atoms with van der Waals surface area (Å²) >= 11 is 0. The van der Waals surface area contributed by atoms with Crippen LogP contribution in [0.2, 0.25) is 0 Å². The zero-order chi connectivity index (χ0) is 17.1. The van der Waals surface area contributed by atoms with Crippen LogP contribution in [-0.2, 0) is 9.31 Å². The van der Waals surface area contributed by atoms with Crippen molar-refractivity contribution in [2.24, 2.45) is 0 Å². The van der Waals surface area contributed by atoms with Crippen LogP contribution in [0.15, 0.2) is 24.5 Å². The zero-order valence-corrected chi connectivity index (χ0v) is 15.4. The highest BCUT2D eigenvalue weighted by molar-refractivity contribution is 6.62. The summed E-state index contributed by atoms with van der Waals surface area (Å²) in [6.07, 6.45) is 9.96. The highest BCUT2D eigenvalue weighted by Crippen LogP contribution is 2.38. The summed E-state index contributed by atoms with van der Waals surface area (Å²) in [6, 6.07) is 3.46. The lowest BCUT2D eigenvalue weighted by atomic mass is 9.79. The molecular weight excluding hydrogens is 299 g/mol. The molecule has 0 amide bonds. The van der Waals surface area contributed by atoms with Crippen molar-refractivity contribution in [2.75, 3.05) is 7.05 Å². The largest absolute Gasteiger partial charge is 0.496 e. The predicted molar refractivity (Wildman–Crippen MR) is 97.1 cm³/mol. The van der Waals surface area contributed by atoms with Crippen LogP contribution >= 0.6 is 0 Å². The molecule has 1 aromatic heterocycles. The Hall–Kier alpha value is -1.17. The third kappa shape index (κ3) is 2.54. The fraction of sp³-hybridized carbons (Fsp3) is 0.632. The number of rotatable bonds is 2. The number of fused-ring (bicyclic) bond motifs is 2. The molecule has 2 fully saturated rings. The first-order valence-electron chi connectivity index (χ1n) is 9.00. The molecule has 0 N–H and O–H groups in total. The Kier molecular flexibility index (Phi) is 3.68. The molecule has 5 heteroatoms. The molecule has 24 heavy (non-hydrogen) atoms. The predicted octanol–water partition coefficient (Wildman–Crippen LogP) is 2.63. The molecule has 4 heterocycles. The molecule has 0 radical (unpaired) electrons. The van der Waals surface area contributed by atoms with Crippen LogP contribution in [0.25, 0.3) is 5.57 Å². The van der Waals surface area contributed by atoms with E-state index in [1.165, 1.54) is 24.0 Å². The Morgan fingerprint density at radius 3 is 2.50 bits per heavy atom. The maximum atomic E-state index is 6.17. The minimum atomic E-state index is -0.342. The van der Waals surface area contributed by atoms with Crippen molar-refractivity contribution in [3.8, 4) is 0 Å². The molecule has 2 saturated heterocycles. The van der Waals surface area contributed by atoms with Gasteiger partial charge in [0.1, 0.15) is 0 Å². The van der Waals surface area contributed by atoms with Gasteiger partial charge in [-0.2, -0.15) is 0 Å². The fourth-order valence-corrected chi connectivity index (χ4v) is 4.00. The van der Waals surface area contributed by atoms with Crippen LogP contribution in [0.5, 0.6) is 0 Å². The average molecular weight is 326 g/mol. The molecule has 2 atom stereocenters. The second-order valence-corrected chi connectivity index (χ2v) is 8.46. The van der Waals surface area contributed by atoms with E-state index in [9.17, 15) is 0 Å². The van der Waals surface area contributed by atoms with Gasteiger partial charge in [0.15, 0.2) is 0 Å². The highest BCUT2D eigenvalue weighted by atomic mass is 16.7. The zero-order valence-electron chi connectivity index (χ0n) is 15.4. The molecule has 0 aromatic carbocycles. The van der Waals surface area contributed by atoms with Gasteiger partial charge in [-0.25, -0.2) is 0 Å². The molecule has 4 rings (SSSR count). The van der Waals surface area contributed by atoms with E-state index in [0.717, 1.165) is 11.9 Å². The Balaban J connectivity index is 1.61. The topological polar surface area (TPSA) is 34.6 Å². The first-order valence-corrected chi connectivity index (χ1v) is 9.00. The van der Waals surface area contributed by atoms with Gasteiger partial charge in [0.05, 0.1) is 11.2 Å². The third-order valence-corrected chi connectivity index (χ3v) is 6.40. The summed E-state index contributed by atoms with van der Waals surface area (Å²) in [5.74, 6) is 0. The van der Waals surface area contributed by atoms with Crippen LogP contribution in [0.3, 0.4) is 0 Å². The lowest BCUT2D eigenvalue weighted by molar-refractivity contribution is 0.00578. The molecule has 1 aromatic rings. The first kappa shape index (κ1) is 16.3. The smallest absolute Gasteiger partial charge is 0.399 e. The van der Waals surface area contributed by atoms with E-state index >= 15 is 0 Å². The van der Waals surface area contributed by atoms with Gasteiger partial charge in [-0.3, -0.25) is 9.88 Å². The molecular formula is C19H27BN2O2. The van der Waals surface area contributed by atoms with Gasteiger partial charge in [0.2, 0.25) is 0 Å². The maximum absolute atomic E-state index is 6.17. The van der Waals surface area contributed by atoms with Gasteiger partial charge >= 0.3 is 7.12 Å². The molecule has 4 nitrogen and oxygen atoms in total. The third-order valence-electron chi connectivity index (χ3n) is 6.40. The van der Waals surface area contributed by atoms with Crippen molar-refractivity contribution in [3.05, 3.63) is 30.1 Å². The van der Waals surface area contributed by atoms with E-state index in [4.69, 9.17) is 9.31 Å². The van der Waals surface area contributed by atoms with Gasteiger partial charge in [0, 0.05) is 29.9 Å². The van der Waals surface area contributed by atoms with E-state index in [-0.39, 0.29) is 18.3 Å². The average Bonchev–Trinajstić information content (AvgIpc) is 2.87. The Bertz CT molecular complexity index is 670. The summed E-state index contributed by atoms with van der Waals surface area (Å²) in [5, 5.41) is 0. The van der Waals surface area contributed by atoms with Gasteiger partial charge in [0.25, 0.3) is 0 Å². The molecule has 2 bridgehead atoms. The van der Waals surface area contributed by atoms with Crippen molar-refractivity contribution in [1.29, 1.82) is 0 Å². The first-order chi connectivity index (χ1) is 11.3. The molecule has 0 saturated carbocycles. The Morgan fingerprint density at radius 2 is 1.83 bits per heavy atom. The molecule has 0 spiro atoms. The minimum Gasteiger partial charge on any atom is -0.399 e. The van der Waals surface area contributed by atoms with E-state index < -0.39 is 0 Å². The quantitative estimate of drug-likeness (QED) is 0.783. The van der Waals surface area contributed by atoms with Crippen LogP contribution in [0, 0.1) is 0 Å². The van der Waals surface area contributed by atoms with Crippen molar-refractivity contribution in [1.82, 2.24) is 9.88 Å². The fourth-order valence-electron chi connectivity index (χ4n) is 4.00. The van der Waals surface area contributed by atoms with Crippen molar-refractivity contribution >= 4 is 18.2 Å². The molecule has 128 valence electrons. The van der Waals surface area contributed by atoms with Crippen LogP contribution in [0.4, 0.5) is 0 Å². The number of nitrogens with zero attached hydrogens (tertiary/aromatic N) is 2. The molecule has 0 aliphatic carbocycles. The molecule has 2 unspecified atom stereocenters. The summed E-state index contributed by atoms with van der Waals surface area (Å²) in [4.78, 5) is 6.98. The second kappa shape index (κ2) is 5.42. The molecule has 3 aliphatic heterocycles. The van der Waals surface area contributed by atoms with Gasteiger partial charge in [-0.05, 0) is 65.1 Å². The van der Waals surface area contributed by atoms with Crippen LogP contribution < -0.4 is 5.46 Å². The van der Waals surface area contributed by atoms with E-state index in [1.807, 2.05) is 12.4 Å². The lowest BCUT2D eigenvalue weighted by Gasteiger charge is -2.32. The van der Waals surface area contributed by atoms with Gasteiger partial charge < -0.3 is 9.31 Å². The Morgan fingerprint density at radius 1 is 1.12 bits per heavy atom. The number of hydrogen-bond acceptors (Lipinski definition) is 4. The summed E-state index contributed by atoms with van der Waals surface area (Å²) in [5.41, 5.74) is 3.01. The lowest BCUT2D eigenvalue weighted by Crippen LogP contribution is -2.41. The van der Waals surface area contributed by atoms with Crippen LogP contribution in [0.1, 0.15) is 52.5 Å². The van der Waals surface area contributed by atoms with E-state index in [0.29, 0.717) is 12.1 Å². The summed E-state index contributed by atoms with van der Waals surface area (Å²) in [6.45, 7) is 8.34. The summed E-state index contributed by atoms with van der Waals surface area (Å²) in [7, 11) is 1.90. The minimum absolute atomic E-state index is 0.320. The van der Waals surface area contributed by atoms with E-state index in [2.05, 4.69) is 56.8 Å². The SMILES string of the molecule is CN1C2C=C(c3cncc(B4OC(C)(C)C(C)(C)O4)c3)CC1CC2. The molecule has 3 aliphatic rings. The Labute approximate surface area is 145 Å². The highest BCUT2D eigenvalue weighted by Gasteiger charge is 2.51. The van der Waals surface area contributed by atoms with Gasteiger partial charge in [-0.1, -0.05) is 12.1 Å². The van der Waals surface area contributed by atoms with Crippen molar-refractivity contribution < 1.29 is 9.31 Å². The maximum Gasteiger partial charge on any atom is 0.496 e. The van der Waals surface area contributed by atoms with E-state index in [1.54, 1.807) is 0 Å². The number of aromatic nitrogens is 1. The normalized spacial score (nSPS) is 31.4. The monoisotopic (exact) mass is 326 g/mol. The number of likely N-dealkylation sites (N-methyl/N-ethyl adjacent to an activating group) is 1. The second-order valence-electron chi connectivity index (χ2n) is 8.46. The number of hydrogen-bond donors (Lipinski definition) is 0. The van der Waals surface area contributed by atoms with Crippen molar-refractivity contribution in [3.63, 3.8) is 0 Å². The van der Waals surface area contributed by atoms with Gasteiger partial charge in [-0.15, -0.1) is 0 Å². The number of pyridine rings is 1. The van der Waals surface area contributed by atoms with Crippen LogP contribution in [-0.4, -0.2) is 47.3 Å².